The first kappa shape index (κ1) is 22.1. The number of hydrogen-bond donors (Lipinski definition) is 0. The van der Waals surface area contributed by atoms with Gasteiger partial charge in [-0.3, -0.25) is 19.3 Å². The number of rotatable bonds is 7. The molecule has 6 heteroatoms. The molecule has 2 aliphatic rings. The lowest BCUT2D eigenvalue weighted by Crippen LogP contribution is -2.42. The summed E-state index contributed by atoms with van der Waals surface area (Å²) in [5.74, 6) is 0.848. The van der Waals surface area contributed by atoms with Gasteiger partial charge in [0.25, 0.3) is 11.8 Å². The maximum Gasteiger partial charge on any atom is 0.261 e. The Kier molecular flexibility index (Phi) is 6.30. The van der Waals surface area contributed by atoms with Crippen molar-refractivity contribution >= 4 is 28.5 Å². The molecule has 0 aromatic heterocycles. The molecule has 0 unspecified atom stereocenters. The summed E-state index contributed by atoms with van der Waals surface area (Å²) >= 11 is 0. The van der Waals surface area contributed by atoms with Gasteiger partial charge in [0, 0.05) is 42.6 Å². The molecule has 6 nitrogen and oxygen atoms in total. The molecule has 0 atom stereocenters. The van der Waals surface area contributed by atoms with Gasteiger partial charge in [-0.1, -0.05) is 42.5 Å². The van der Waals surface area contributed by atoms with Gasteiger partial charge in [-0.05, 0) is 54.8 Å². The summed E-state index contributed by atoms with van der Waals surface area (Å²) in [4.78, 5) is 41.9. The number of imide groups is 1. The van der Waals surface area contributed by atoms with Gasteiger partial charge in [-0.15, -0.1) is 0 Å². The maximum atomic E-state index is 13.0. The average Bonchev–Trinajstić information content (AvgIpc) is 2.88. The fourth-order valence-electron chi connectivity index (χ4n) is 4.91. The molecule has 5 rings (SSSR count). The van der Waals surface area contributed by atoms with Gasteiger partial charge in [0.15, 0.2) is 0 Å². The third-order valence-electron chi connectivity index (χ3n) is 6.82. The van der Waals surface area contributed by atoms with Crippen LogP contribution in [-0.4, -0.2) is 53.8 Å². The van der Waals surface area contributed by atoms with Crippen LogP contribution in [0.1, 0.15) is 46.4 Å². The standard InChI is InChI=1S/C28H28N2O4/c31-25(29-17-14-20(15-18-29)19-34-22-9-2-1-3-10-22)13-6-16-30-27(32)23-11-4-7-21-8-5-12-24(26(21)23)28(30)33/h1-5,7-12,20H,6,13-19H2. The SMILES string of the molecule is O=C(CCCN1C(=O)c2cccc3cccc(c23)C1=O)N1CCC(COc2ccccc2)CC1. The summed E-state index contributed by atoms with van der Waals surface area (Å²) < 4.78 is 5.87. The number of nitrogens with zero attached hydrogens (tertiary/aromatic N) is 2. The summed E-state index contributed by atoms with van der Waals surface area (Å²) in [6, 6.07) is 20.8. The van der Waals surface area contributed by atoms with Crippen LogP contribution in [0.15, 0.2) is 66.7 Å². The minimum atomic E-state index is -0.277. The zero-order chi connectivity index (χ0) is 23.5. The molecule has 1 fully saturated rings. The van der Waals surface area contributed by atoms with Gasteiger partial charge in [-0.25, -0.2) is 0 Å². The molecular weight excluding hydrogens is 428 g/mol. The maximum absolute atomic E-state index is 13.0. The lowest BCUT2D eigenvalue weighted by molar-refractivity contribution is -0.132. The van der Waals surface area contributed by atoms with Crippen molar-refractivity contribution in [3.8, 4) is 5.75 Å². The van der Waals surface area contributed by atoms with Crippen molar-refractivity contribution < 1.29 is 19.1 Å². The zero-order valence-corrected chi connectivity index (χ0v) is 19.1. The second-order valence-corrected chi connectivity index (χ2v) is 9.02. The summed E-state index contributed by atoms with van der Waals surface area (Å²) in [6.07, 6.45) is 2.63. The molecule has 1 saturated heterocycles. The smallest absolute Gasteiger partial charge is 0.261 e. The van der Waals surface area contributed by atoms with Gasteiger partial charge in [0.2, 0.25) is 5.91 Å². The summed E-state index contributed by atoms with van der Waals surface area (Å²) in [5, 5.41) is 1.62. The van der Waals surface area contributed by atoms with Crippen molar-refractivity contribution in [1.82, 2.24) is 9.80 Å². The van der Waals surface area contributed by atoms with Crippen molar-refractivity contribution in [2.75, 3.05) is 26.2 Å². The van der Waals surface area contributed by atoms with Crippen LogP contribution >= 0.6 is 0 Å². The van der Waals surface area contributed by atoms with E-state index in [9.17, 15) is 14.4 Å². The van der Waals surface area contributed by atoms with Crippen LogP contribution in [0.3, 0.4) is 0 Å². The summed E-state index contributed by atoms with van der Waals surface area (Å²) in [5.41, 5.74) is 1.11. The Bertz CT molecular complexity index is 1160. The average molecular weight is 457 g/mol. The molecule has 3 amide bonds. The highest BCUT2D eigenvalue weighted by atomic mass is 16.5. The van der Waals surface area contributed by atoms with Crippen LogP contribution in [0, 0.1) is 5.92 Å². The summed E-state index contributed by atoms with van der Waals surface area (Å²) in [6.45, 7) is 2.35. The van der Waals surface area contributed by atoms with E-state index >= 15 is 0 Å². The number of benzene rings is 3. The van der Waals surface area contributed by atoms with Crippen molar-refractivity contribution in [1.29, 1.82) is 0 Å². The molecule has 0 spiro atoms. The van der Waals surface area contributed by atoms with Gasteiger partial charge in [-0.2, -0.15) is 0 Å². The van der Waals surface area contributed by atoms with E-state index < -0.39 is 0 Å². The number of piperidine rings is 1. The summed E-state index contributed by atoms with van der Waals surface area (Å²) in [7, 11) is 0. The van der Waals surface area contributed by atoms with E-state index in [0.29, 0.717) is 36.5 Å². The first-order valence-electron chi connectivity index (χ1n) is 12.0. The van der Waals surface area contributed by atoms with Crippen LogP contribution in [-0.2, 0) is 4.79 Å². The monoisotopic (exact) mass is 456 g/mol. The first-order chi connectivity index (χ1) is 16.6. The predicted molar refractivity (Wildman–Crippen MR) is 130 cm³/mol. The van der Waals surface area contributed by atoms with Gasteiger partial charge in [0.1, 0.15) is 5.75 Å². The van der Waals surface area contributed by atoms with Crippen LogP contribution in [0.2, 0.25) is 0 Å². The predicted octanol–water partition coefficient (Wildman–Crippen LogP) is 4.53. The highest BCUT2D eigenvalue weighted by molar-refractivity contribution is 6.25. The van der Waals surface area contributed by atoms with Crippen molar-refractivity contribution in [2.45, 2.75) is 25.7 Å². The normalized spacial score (nSPS) is 16.2. The van der Waals surface area contributed by atoms with E-state index in [1.807, 2.05) is 59.5 Å². The zero-order valence-electron chi connectivity index (χ0n) is 19.1. The highest BCUT2D eigenvalue weighted by Gasteiger charge is 2.32. The molecular formula is C28H28N2O4. The number of likely N-dealkylation sites (tertiary alicyclic amines) is 1. The van der Waals surface area contributed by atoms with Gasteiger partial charge >= 0.3 is 0 Å². The number of ether oxygens (including phenoxy) is 1. The van der Waals surface area contributed by atoms with Gasteiger partial charge < -0.3 is 9.64 Å². The fourth-order valence-corrected chi connectivity index (χ4v) is 4.91. The van der Waals surface area contributed by atoms with Crippen LogP contribution in [0.4, 0.5) is 0 Å². The molecule has 2 heterocycles. The topological polar surface area (TPSA) is 66.9 Å². The molecule has 0 N–H and O–H groups in total. The van der Waals surface area contributed by atoms with E-state index in [-0.39, 0.29) is 24.3 Å². The molecule has 3 aromatic rings. The van der Waals surface area contributed by atoms with E-state index in [4.69, 9.17) is 4.74 Å². The van der Waals surface area contributed by atoms with Gasteiger partial charge in [0.05, 0.1) is 6.61 Å². The number of carbonyl (C=O) groups excluding carboxylic acids is 3. The molecule has 0 bridgehead atoms. The van der Waals surface area contributed by atoms with Crippen LogP contribution in [0.5, 0.6) is 5.75 Å². The fraction of sp³-hybridized carbons (Fsp3) is 0.321. The molecule has 0 radical (unpaired) electrons. The molecule has 34 heavy (non-hydrogen) atoms. The molecule has 0 aliphatic carbocycles. The van der Waals surface area contributed by atoms with Crippen molar-refractivity contribution in [2.24, 2.45) is 5.92 Å². The Hall–Kier alpha value is -3.67. The van der Waals surface area contributed by atoms with E-state index in [2.05, 4.69) is 0 Å². The number of para-hydroxylation sites is 1. The Morgan fingerprint density at radius 1 is 0.853 bits per heavy atom. The van der Waals surface area contributed by atoms with E-state index in [1.165, 1.54) is 4.90 Å². The Labute approximate surface area is 199 Å². The molecule has 174 valence electrons. The Morgan fingerprint density at radius 3 is 2.15 bits per heavy atom. The number of amides is 3. The Morgan fingerprint density at radius 2 is 1.50 bits per heavy atom. The largest absolute Gasteiger partial charge is 0.493 e. The molecule has 3 aromatic carbocycles. The van der Waals surface area contributed by atoms with Crippen LogP contribution < -0.4 is 4.74 Å². The van der Waals surface area contributed by atoms with E-state index in [0.717, 1.165) is 42.5 Å². The molecule has 0 saturated carbocycles. The minimum Gasteiger partial charge on any atom is -0.493 e. The van der Waals surface area contributed by atoms with Crippen molar-refractivity contribution in [3.63, 3.8) is 0 Å². The van der Waals surface area contributed by atoms with Crippen LogP contribution in [0.25, 0.3) is 10.8 Å². The first-order valence-corrected chi connectivity index (χ1v) is 12.0. The third kappa shape index (κ3) is 4.40. The quantitative estimate of drug-likeness (QED) is 0.490. The number of carbonyl (C=O) groups is 3. The van der Waals surface area contributed by atoms with E-state index in [1.54, 1.807) is 12.1 Å². The lowest BCUT2D eigenvalue weighted by Gasteiger charge is -2.32. The molecule has 2 aliphatic heterocycles. The second kappa shape index (κ2) is 9.67. The highest BCUT2D eigenvalue weighted by Crippen LogP contribution is 2.30. The lowest BCUT2D eigenvalue weighted by atomic mass is 9.94. The third-order valence-corrected chi connectivity index (χ3v) is 6.82. The Balaban J connectivity index is 1.11. The minimum absolute atomic E-state index is 0.0850. The number of hydrogen-bond acceptors (Lipinski definition) is 4. The second-order valence-electron chi connectivity index (χ2n) is 9.02. The van der Waals surface area contributed by atoms with Crippen molar-refractivity contribution in [3.05, 3.63) is 77.9 Å².